The predicted molar refractivity (Wildman–Crippen MR) is 59.5 cm³/mol. The zero-order valence-electron chi connectivity index (χ0n) is 8.10. The van der Waals surface area contributed by atoms with Crippen LogP contribution < -0.4 is 0 Å². The van der Waals surface area contributed by atoms with Gasteiger partial charge in [0, 0.05) is 24.5 Å². The number of nitrogens with zero attached hydrogens (tertiary/aromatic N) is 1. The van der Waals surface area contributed by atoms with Crippen molar-refractivity contribution in [3.63, 3.8) is 0 Å². The molecule has 1 heterocycles. The Balaban J connectivity index is 2.34. The SMILES string of the molecule is CC(=CCl)CN1CCCC(CCl)C1. The van der Waals surface area contributed by atoms with Crippen LogP contribution in [0.2, 0.25) is 0 Å². The van der Waals surface area contributed by atoms with Gasteiger partial charge in [0.05, 0.1) is 0 Å². The first-order valence-electron chi connectivity index (χ1n) is 4.80. The monoisotopic (exact) mass is 221 g/mol. The average molecular weight is 222 g/mol. The molecule has 1 rings (SSSR count). The standard InChI is InChI=1S/C10H17Cl2N/c1-9(5-11)7-13-4-2-3-10(6-12)8-13/h5,10H,2-4,6-8H2,1H3. The van der Waals surface area contributed by atoms with Crippen molar-refractivity contribution >= 4 is 23.2 Å². The molecule has 0 aromatic rings. The molecule has 1 nitrogen and oxygen atoms in total. The number of halogens is 2. The second kappa shape index (κ2) is 5.90. The Hall–Kier alpha value is 0.280. The molecule has 0 spiro atoms. The summed E-state index contributed by atoms with van der Waals surface area (Å²) in [5, 5.41) is 0. The summed E-state index contributed by atoms with van der Waals surface area (Å²) in [5.41, 5.74) is 2.90. The molecule has 1 atom stereocenters. The number of hydrogen-bond acceptors (Lipinski definition) is 1. The Morgan fingerprint density at radius 1 is 1.62 bits per heavy atom. The van der Waals surface area contributed by atoms with Gasteiger partial charge in [-0.05, 0) is 37.8 Å². The van der Waals surface area contributed by atoms with Gasteiger partial charge in [0.1, 0.15) is 0 Å². The Bertz CT molecular complexity index is 180. The molecule has 0 aromatic heterocycles. The zero-order valence-corrected chi connectivity index (χ0v) is 9.61. The Labute approximate surface area is 90.7 Å². The van der Waals surface area contributed by atoms with Crippen LogP contribution >= 0.6 is 23.2 Å². The van der Waals surface area contributed by atoms with Gasteiger partial charge in [-0.3, -0.25) is 4.90 Å². The molecule has 1 aliphatic rings. The highest BCUT2D eigenvalue weighted by Crippen LogP contribution is 2.18. The first-order chi connectivity index (χ1) is 6.26. The van der Waals surface area contributed by atoms with Gasteiger partial charge >= 0.3 is 0 Å². The van der Waals surface area contributed by atoms with Gasteiger partial charge in [0.25, 0.3) is 0 Å². The van der Waals surface area contributed by atoms with Crippen molar-refractivity contribution in [3.05, 3.63) is 11.1 Å². The van der Waals surface area contributed by atoms with Crippen LogP contribution in [-0.4, -0.2) is 30.4 Å². The van der Waals surface area contributed by atoms with Gasteiger partial charge in [0.15, 0.2) is 0 Å². The van der Waals surface area contributed by atoms with Gasteiger partial charge < -0.3 is 0 Å². The molecule has 1 aliphatic heterocycles. The fourth-order valence-electron chi connectivity index (χ4n) is 1.81. The number of piperidine rings is 1. The van der Waals surface area contributed by atoms with Crippen molar-refractivity contribution in [1.29, 1.82) is 0 Å². The van der Waals surface area contributed by atoms with E-state index < -0.39 is 0 Å². The largest absolute Gasteiger partial charge is 0.299 e. The van der Waals surface area contributed by atoms with Crippen molar-refractivity contribution < 1.29 is 0 Å². The minimum atomic E-state index is 0.679. The normalized spacial score (nSPS) is 26.4. The van der Waals surface area contributed by atoms with Crippen LogP contribution in [-0.2, 0) is 0 Å². The summed E-state index contributed by atoms with van der Waals surface area (Å²) < 4.78 is 0. The van der Waals surface area contributed by atoms with E-state index in [1.807, 2.05) is 0 Å². The molecule has 13 heavy (non-hydrogen) atoms. The molecule has 0 aromatic carbocycles. The molecule has 0 bridgehead atoms. The number of hydrogen-bond donors (Lipinski definition) is 0. The highest BCUT2D eigenvalue weighted by Gasteiger charge is 2.18. The molecule has 1 unspecified atom stereocenters. The molecule has 1 saturated heterocycles. The van der Waals surface area contributed by atoms with Crippen molar-refractivity contribution in [2.24, 2.45) is 5.92 Å². The summed E-state index contributed by atoms with van der Waals surface area (Å²) in [5.74, 6) is 1.47. The Morgan fingerprint density at radius 3 is 3.00 bits per heavy atom. The van der Waals surface area contributed by atoms with Crippen LogP contribution in [0.15, 0.2) is 11.1 Å². The minimum absolute atomic E-state index is 0.679. The average Bonchev–Trinajstić information content (AvgIpc) is 2.18. The quantitative estimate of drug-likeness (QED) is 0.663. The lowest BCUT2D eigenvalue weighted by molar-refractivity contribution is 0.199. The summed E-state index contributed by atoms with van der Waals surface area (Å²) in [7, 11) is 0. The highest BCUT2D eigenvalue weighted by molar-refractivity contribution is 6.25. The Morgan fingerprint density at radius 2 is 2.38 bits per heavy atom. The van der Waals surface area contributed by atoms with Crippen LogP contribution in [0.3, 0.4) is 0 Å². The fourth-order valence-corrected chi connectivity index (χ4v) is 2.13. The summed E-state index contributed by atoms with van der Waals surface area (Å²) in [6.45, 7) is 5.38. The third-order valence-electron chi connectivity index (χ3n) is 2.48. The van der Waals surface area contributed by atoms with Crippen LogP contribution in [0.4, 0.5) is 0 Å². The lowest BCUT2D eigenvalue weighted by atomic mass is 10.00. The summed E-state index contributed by atoms with van der Waals surface area (Å²) >= 11 is 11.5. The smallest absolute Gasteiger partial charge is 0.0263 e. The van der Waals surface area contributed by atoms with E-state index in [1.54, 1.807) is 5.54 Å². The van der Waals surface area contributed by atoms with Gasteiger partial charge in [-0.2, -0.15) is 0 Å². The lowest BCUT2D eigenvalue weighted by Gasteiger charge is -2.31. The van der Waals surface area contributed by atoms with E-state index in [0.717, 1.165) is 19.0 Å². The van der Waals surface area contributed by atoms with E-state index in [-0.39, 0.29) is 0 Å². The van der Waals surface area contributed by atoms with Crippen LogP contribution in [0, 0.1) is 5.92 Å². The summed E-state index contributed by atoms with van der Waals surface area (Å²) in [6, 6.07) is 0. The third kappa shape index (κ3) is 3.88. The van der Waals surface area contributed by atoms with E-state index in [2.05, 4.69) is 11.8 Å². The fraction of sp³-hybridized carbons (Fsp3) is 0.800. The number of likely N-dealkylation sites (tertiary alicyclic amines) is 1. The molecular weight excluding hydrogens is 205 g/mol. The topological polar surface area (TPSA) is 3.24 Å². The van der Waals surface area contributed by atoms with E-state index in [9.17, 15) is 0 Å². The van der Waals surface area contributed by atoms with Gasteiger partial charge in [-0.15, -0.1) is 11.6 Å². The maximum absolute atomic E-state index is 5.85. The summed E-state index contributed by atoms with van der Waals surface area (Å²) in [6.07, 6.45) is 2.55. The Kier molecular flexibility index (Phi) is 5.15. The molecule has 0 radical (unpaired) electrons. The van der Waals surface area contributed by atoms with E-state index >= 15 is 0 Å². The number of rotatable bonds is 3. The first kappa shape index (κ1) is 11.4. The van der Waals surface area contributed by atoms with Gasteiger partial charge in [-0.1, -0.05) is 11.6 Å². The van der Waals surface area contributed by atoms with Crippen molar-refractivity contribution in [2.45, 2.75) is 19.8 Å². The van der Waals surface area contributed by atoms with E-state index in [1.165, 1.54) is 25.0 Å². The first-order valence-corrected chi connectivity index (χ1v) is 5.77. The minimum Gasteiger partial charge on any atom is -0.299 e. The molecule has 76 valence electrons. The van der Waals surface area contributed by atoms with Crippen LogP contribution in [0.5, 0.6) is 0 Å². The number of alkyl halides is 1. The highest BCUT2D eigenvalue weighted by atomic mass is 35.5. The molecule has 3 heteroatoms. The zero-order chi connectivity index (χ0) is 9.68. The third-order valence-corrected chi connectivity index (χ3v) is 3.29. The van der Waals surface area contributed by atoms with Crippen LogP contribution in [0.25, 0.3) is 0 Å². The van der Waals surface area contributed by atoms with Crippen molar-refractivity contribution in [1.82, 2.24) is 4.90 Å². The van der Waals surface area contributed by atoms with E-state index in [4.69, 9.17) is 23.2 Å². The molecule has 0 aliphatic carbocycles. The molecule has 0 amide bonds. The maximum Gasteiger partial charge on any atom is 0.0263 e. The second-order valence-electron chi connectivity index (χ2n) is 3.85. The van der Waals surface area contributed by atoms with E-state index in [0.29, 0.717) is 5.92 Å². The van der Waals surface area contributed by atoms with Crippen molar-refractivity contribution in [2.75, 3.05) is 25.5 Å². The van der Waals surface area contributed by atoms with Gasteiger partial charge in [0.2, 0.25) is 0 Å². The lowest BCUT2D eigenvalue weighted by Crippen LogP contribution is -2.36. The molecule has 0 N–H and O–H groups in total. The molecule has 0 saturated carbocycles. The molecule has 1 fully saturated rings. The summed E-state index contributed by atoms with van der Waals surface area (Å²) in [4.78, 5) is 2.44. The predicted octanol–water partition coefficient (Wildman–Crippen LogP) is 3.08. The maximum atomic E-state index is 5.85. The van der Waals surface area contributed by atoms with Crippen LogP contribution in [0.1, 0.15) is 19.8 Å². The van der Waals surface area contributed by atoms with Gasteiger partial charge in [-0.25, -0.2) is 0 Å². The second-order valence-corrected chi connectivity index (χ2v) is 4.38. The molecular formula is C10H17Cl2N. The van der Waals surface area contributed by atoms with Crippen molar-refractivity contribution in [3.8, 4) is 0 Å².